The van der Waals surface area contributed by atoms with Crippen molar-refractivity contribution in [1.29, 1.82) is 0 Å². The molecule has 1 fully saturated rings. The minimum absolute atomic E-state index is 0.450. The molecule has 3 heteroatoms. The second-order valence-corrected chi connectivity index (χ2v) is 4.81. The number of ether oxygens (including phenoxy) is 1. The molecule has 1 aliphatic rings. The van der Waals surface area contributed by atoms with Gasteiger partial charge >= 0.3 is 0 Å². The Labute approximate surface area is 100 Å². The van der Waals surface area contributed by atoms with Crippen molar-refractivity contribution in [2.45, 2.75) is 58.0 Å². The summed E-state index contributed by atoms with van der Waals surface area (Å²) in [5.41, 5.74) is 5.94. The van der Waals surface area contributed by atoms with Gasteiger partial charge in [0.1, 0.15) is 0 Å². The molecule has 0 heterocycles. The van der Waals surface area contributed by atoms with Gasteiger partial charge in [-0.1, -0.05) is 13.8 Å². The molecule has 0 aromatic rings. The van der Waals surface area contributed by atoms with E-state index in [4.69, 9.17) is 10.5 Å². The summed E-state index contributed by atoms with van der Waals surface area (Å²) in [6.45, 7) is 8.39. The highest BCUT2D eigenvalue weighted by Gasteiger charge is 2.22. The third kappa shape index (κ3) is 4.81. The predicted molar refractivity (Wildman–Crippen MR) is 68.6 cm³/mol. The van der Waals surface area contributed by atoms with Crippen LogP contribution in [0.5, 0.6) is 0 Å². The molecular weight excluding hydrogens is 200 g/mol. The van der Waals surface area contributed by atoms with Crippen LogP contribution in [-0.2, 0) is 4.74 Å². The van der Waals surface area contributed by atoms with E-state index in [1.165, 1.54) is 25.7 Å². The number of nitrogens with zero attached hydrogens (tertiary/aromatic N) is 1. The number of nitrogens with two attached hydrogens (primary N) is 1. The largest absolute Gasteiger partial charge is 0.380 e. The first kappa shape index (κ1) is 13.9. The van der Waals surface area contributed by atoms with Crippen molar-refractivity contribution in [2.24, 2.45) is 5.73 Å². The van der Waals surface area contributed by atoms with Crippen LogP contribution in [0.3, 0.4) is 0 Å². The molecule has 0 unspecified atom stereocenters. The first-order chi connectivity index (χ1) is 7.77. The Morgan fingerprint density at radius 2 is 1.81 bits per heavy atom. The lowest BCUT2D eigenvalue weighted by Gasteiger charge is -2.35. The van der Waals surface area contributed by atoms with Crippen molar-refractivity contribution >= 4 is 0 Å². The van der Waals surface area contributed by atoms with Crippen LogP contribution in [0, 0.1) is 0 Å². The van der Waals surface area contributed by atoms with Crippen LogP contribution in [0.2, 0.25) is 0 Å². The van der Waals surface area contributed by atoms with Gasteiger partial charge in [-0.3, -0.25) is 4.90 Å². The van der Waals surface area contributed by atoms with E-state index >= 15 is 0 Å². The van der Waals surface area contributed by atoms with Crippen molar-refractivity contribution < 1.29 is 4.74 Å². The molecule has 0 saturated heterocycles. The van der Waals surface area contributed by atoms with E-state index in [1.54, 1.807) is 0 Å². The topological polar surface area (TPSA) is 38.5 Å². The minimum Gasteiger partial charge on any atom is -0.380 e. The zero-order chi connectivity index (χ0) is 11.8. The van der Waals surface area contributed by atoms with Gasteiger partial charge in [-0.2, -0.15) is 0 Å². The summed E-state index contributed by atoms with van der Waals surface area (Å²) in [5.74, 6) is 0. The van der Waals surface area contributed by atoms with Crippen molar-refractivity contribution in [1.82, 2.24) is 4.90 Å². The summed E-state index contributed by atoms with van der Waals surface area (Å²) in [6.07, 6.45) is 6.03. The lowest BCUT2D eigenvalue weighted by molar-refractivity contribution is 0.0778. The summed E-state index contributed by atoms with van der Waals surface area (Å²) in [6, 6.07) is 1.20. The second kappa shape index (κ2) is 8.04. The Morgan fingerprint density at radius 3 is 2.38 bits per heavy atom. The summed E-state index contributed by atoms with van der Waals surface area (Å²) >= 11 is 0. The fraction of sp³-hybridized carbons (Fsp3) is 1.00. The third-order valence-corrected chi connectivity index (χ3v) is 3.54. The lowest BCUT2D eigenvalue weighted by Crippen LogP contribution is -2.42. The minimum atomic E-state index is 0.450. The van der Waals surface area contributed by atoms with Crippen molar-refractivity contribution in [2.75, 3.05) is 26.3 Å². The van der Waals surface area contributed by atoms with Gasteiger partial charge in [-0.05, 0) is 38.6 Å². The maximum atomic E-state index is 5.94. The van der Waals surface area contributed by atoms with Gasteiger partial charge in [0.2, 0.25) is 0 Å². The zero-order valence-electron chi connectivity index (χ0n) is 11.0. The van der Waals surface area contributed by atoms with Gasteiger partial charge in [0.05, 0.1) is 6.61 Å². The maximum Gasteiger partial charge on any atom is 0.0593 e. The molecule has 0 spiro atoms. The Kier molecular flexibility index (Phi) is 7.01. The molecule has 0 atom stereocenters. The van der Waals surface area contributed by atoms with Gasteiger partial charge in [-0.15, -0.1) is 0 Å². The first-order valence-corrected chi connectivity index (χ1v) is 6.85. The highest BCUT2D eigenvalue weighted by Crippen LogP contribution is 2.21. The molecule has 1 saturated carbocycles. The molecule has 0 aliphatic heterocycles. The highest BCUT2D eigenvalue weighted by atomic mass is 16.5. The fourth-order valence-electron chi connectivity index (χ4n) is 2.49. The van der Waals surface area contributed by atoms with Crippen LogP contribution in [0.1, 0.15) is 46.0 Å². The van der Waals surface area contributed by atoms with E-state index in [0.717, 1.165) is 38.8 Å². The number of hydrogen-bond donors (Lipinski definition) is 1. The normalized spacial score (nSPS) is 26.2. The van der Waals surface area contributed by atoms with E-state index in [1.807, 2.05) is 0 Å². The van der Waals surface area contributed by atoms with E-state index in [0.29, 0.717) is 6.04 Å². The third-order valence-electron chi connectivity index (χ3n) is 3.54. The van der Waals surface area contributed by atoms with Crippen molar-refractivity contribution in [3.63, 3.8) is 0 Å². The van der Waals surface area contributed by atoms with E-state index < -0.39 is 0 Å². The van der Waals surface area contributed by atoms with Crippen LogP contribution in [-0.4, -0.2) is 43.3 Å². The zero-order valence-corrected chi connectivity index (χ0v) is 11.0. The highest BCUT2D eigenvalue weighted by molar-refractivity contribution is 4.80. The molecule has 0 aromatic carbocycles. The molecule has 0 amide bonds. The molecule has 0 aromatic heterocycles. The van der Waals surface area contributed by atoms with Crippen molar-refractivity contribution in [3.8, 4) is 0 Å². The van der Waals surface area contributed by atoms with Gasteiger partial charge in [0, 0.05) is 25.2 Å². The number of hydrogen-bond acceptors (Lipinski definition) is 3. The second-order valence-electron chi connectivity index (χ2n) is 4.81. The maximum absolute atomic E-state index is 5.94. The van der Waals surface area contributed by atoms with E-state index in [9.17, 15) is 0 Å². The summed E-state index contributed by atoms with van der Waals surface area (Å²) in [7, 11) is 0. The molecule has 2 N–H and O–H groups in total. The summed E-state index contributed by atoms with van der Waals surface area (Å²) < 4.78 is 5.56. The standard InChI is InChI=1S/C13H28N2O/c1-3-10-16-11-9-15(4-2)13-7-5-12(14)6-8-13/h12-13H,3-11,14H2,1-2H3. The smallest absolute Gasteiger partial charge is 0.0593 e. The predicted octanol–water partition coefficient (Wildman–Crippen LogP) is 2.00. The van der Waals surface area contributed by atoms with Crippen LogP contribution < -0.4 is 5.73 Å². The summed E-state index contributed by atoms with van der Waals surface area (Å²) in [5, 5.41) is 0. The van der Waals surface area contributed by atoms with Gasteiger partial charge in [0.25, 0.3) is 0 Å². The molecule has 1 aliphatic carbocycles. The number of rotatable bonds is 7. The van der Waals surface area contributed by atoms with Gasteiger partial charge < -0.3 is 10.5 Å². The molecule has 0 bridgehead atoms. The average molecular weight is 228 g/mol. The van der Waals surface area contributed by atoms with E-state index in [2.05, 4.69) is 18.7 Å². The quantitative estimate of drug-likeness (QED) is 0.677. The Morgan fingerprint density at radius 1 is 1.12 bits per heavy atom. The molecule has 1 rings (SSSR count). The van der Waals surface area contributed by atoms with Gasteiger partial charge in [0.15, 0.2) is 0 Å². The van der Waals surface area contributed by atoms with Gasteiger partial charge in [-0.25, -0.2) is 0 Å². The Balaban J connectivity index is 2.19. The molecule has 96 valence electrons. The average Bonchev–Trinajstić information content (AvgIpc) is 2.31. The van der Waals surface area contributed by atoms with Crippen LogP contribution in [0.15, 0.2) is 0 Å². The molecule has 16 heavy (non-hydrogen) atoms. The number of likely N-dealkylation sites (N-methyl/N-ethyl adjacent to an activating group) is 1. The SMILES string of the molecule is CCCOCCN(CC)C1CCC(N)CC1. The van der Waals surface area contributed by atoms with Crippen LogP contribution in [0.25, 0.3) is 0 Å². The van der Waals surface area contributed by atoms with Crippen LogP contribution in [0.4, 0.5) is 0 Å². The molecular formula is C13H28N2O. The fourth-order valence-corrected chi connectivity index (χ4v) is 2.49. The Hall–Kier alpha value is -0.120. The first-order valence-electron chi connectivity index (χ1n) is 6.85. The lowest BCUT2D eigenvalue weighted by atomic mass is 9.91. The molecule has 0 radical (unpaired) electrons. The summed E-state index contributed by atoms with van der Waals surface area (Å²) in [4.78, 5) is 2.56. The Bertz CT molecular complexity index is 167. The molecule has 3 nitrogen and oxygen atoms in total. The van der Waals surface area contributed by atoms with E-state index in [-0.39, 0.29) is 0 Å². The van der Waals surface area contributed by atoms with Crippen molar-refractivity contribution in [3.05, 3.63) is 0 Å². The monoisotopic (exact) mass is 228 g/mol. The van der Waals surface area contributed by atoms with Crippen LogP contribution >= 0.6 is 0 Å².